The Labute approximate surface area is 132 Å². The molecule has 0 spiro atoms. The van der Waals surface area contributed by atoms with E-state index >= 15 is 0 Å². The van der Waals surface area contributed by atoms with Crippen LogP contribution in [-0.2, 0) is 0 Å². The lowest BCUT2D eigenvalue weighted by molar-refractivity contribution is 0.198. The van der Waals surface area contributed by atoms with Gasteiger partial charge in [-0.3, -0.25) is 4.90 Å². The minimum absolute atomic E-state index is 0.114. The summed E-state index contributed by atoms with van der Waals surface area (Å²) in [5.74, 6) is 0.692. The average molecular weight is 315 g/mol. The number of hydrogen-bond donors (Lipinski definition) is 1. The van der Waals surface area contributed by atoms with Gasteiger partial charge >= 0.3 is 0 Å². The monoisotopic (exact) mass is 314 g/mol. The van der Waals surface area contributed by atoms with E-state index in [1.54, 1.807) is 0 Å². The van der Waals surface area contributed by atoms with Crippen LogP contribution < -0.4 is 5.73 Å². The normalized spacial score (nSPS) is 22.2. The number of halogens is 2. The maximum absolute atomic E-state index is 6.34. The highest BCUT2D eigenvalue weighted by atomic mass is 35.5. The van der Waals surface area contributed by atoms with Gasteiger partial charge < -0.3 is 5.73 Å². The van der Waals surface area contributed by atoms with Crippen molar-refractivity contribution >= 4 is 23.2 Å². The van der Waals surface area contributed by atoms with Gasteiger partial charge in [-0.05, 0) is 36.4 Å². The lowest BCUT2D eigenvalue weighted by Gasteiger charge is -2.31. The van der Waals surface area contributed by atoms with Crippen molar-refractivity contribution in [2.24, 2.45) is 17.1 Å². The molecule has 1 fully saturated rings. The summed E-state index contributed by atoms with van der Waals surface area (Å²) in [5, 5.41) is 1.43. The van der Waals surface area contributed by atoms with E-state index < -0.39 is 0 Å². The summed E-state index contributed by atoms with van der Waals surface area (Å²) in [6.45, 7) is 9.59. The molecular weight excluding hydrogens is 291 g/mol. The van der Waals surface area contributed by atoms with E-state index in [-0.39, 0.29) is 6.04 Å². The van der Waals surface area contributed by atoms with Gasteiger partial charge in [0.25, 0.3) is 0 Å². The largest absolute Gasteiger partial charge is 0.329 e. The van der Waals surface area contributed by atoms with Crippen LogP contribution in [0.5, 0.6) is 0 Å². The molecule has 1 aromatic rings. The molecule has 0 radical (unpaired) electrons. The van der Waals surface area contributed by atoms with Gasteiger partial charge in [0.05, 0.1) is 0 Å². The number of benzene rings is 1. The highest BCUT2D eigenvalue weighted by Crippen LogP contribution is 2.39. The first kappa shape index (κ1) is 16.1. The van der Waals surface area contributed by atoms with Crippen LogP contribution in [0, 0.1) is 11.3 Å². The Kier molecular flexibility index (Phi) is 5.01. The summed E-state index contributed by atoms with van der Waals surface area (Å²) in [5.41, 5.74) is 7.33. The van der Waals surface area contributed by atoms with Crippen molar-refractivity contribution < 1.29 is 0 Å². The second-order valence-corrected chi connectivity index (χ2v) is 7.55. The van der Waals surface area contributed by atoms with Gasteiger partial charge in [-0.25, -0.2) is 0 Å². The molecule has 1 aliphatic rings. The molecule has 20 heavy (non-hydrogen) atoms. The van der Waals surface area contributed by atoms with Crippen molar-refractivity contribution in [3.8, 4) is 0 Å². The molecule has 0 saturated carbocycles. The van der Waals surface area contributed by atoms with Gasteiger partial charge in [-0.2, -0.15) is 0 Å². The molecule has 2 rings (SSSR count). The molecule has 0 aromatic heterocycles. The Morgan fingerprint density at radius 2 is 1.90 bits per heavy atom. The Balaban J connectivity index is 2.22. The zero-order valence-electron chi connectivity index (χ0n) is 12.5. The quantitative estimate of drug-likeness (QED) is 0.898. The van der Waals surface area contributed by atoms with Crippen molar-refractivity contribution in [3.05, 3.63) is 33.8 Å². The Morgan fingerprint density at radius 3 is 2.35 bits per heavy atom. The highest BCUT2D eigenvalue weighted by Gasteiger charge is 2.35. The van der Waals surface area contributed by atoms with E-state index in [1.807, 2.05) is 18.2 Å². The van der Waals surface area contributed by atoms with E-state index in [0.29, 0.717) is 27.9 Å². The third kappa shape index (κ3) is 3.30. The number of nitrogens with zero attached hydrogens (tertiary/aromatic N) is 1. The van der Waals surface area contributed by atoms with Crippen LogP contribution in [0.3, 0.4) is 0 Å². The molecule has 1 saturated heterocycles. The molecular formula is C16H24Cl2N2. The molecule has 2 unspecified atom stereocenters. The van der Waals surface area contributed by atoms with Gasteiger partial charge in [0.2, 0.25) is 0 Å². The minimum Gasteiger partial charge on any atom is -0.329 e. The van der Waals surface area contributed by atoms with Crippen molar-refractivity contribution in [2.75, 3.05) is 19.6 Å². The van der Waals surface area contributed by atoms with Crippen molar-refractivity contribution in [2.45, 2.75) is 33.2 Å². The average Bonchev–Trinajstić information content (AvgIpc) is 2.83. The summed E-state index contributed by atoms with van der Waals surface area (Å²) in [6, 6.07) is 5.78. The van der Waals surface area contributed by atoms with E-state index in [9.17, 15) is 0 Å². The van der Waals surface area contributed by atoms with Crippen LogP contribution in [0.15, 0.2) is 18.2 Å². The molecule has 2 atom stereocenters. The first-order chi connectivity index (χ1) is 9.34. The lowest BCUT2D eigenvalue weighted by Crippen LogP contribution is -2.34. The van der Waals surface area contributed by atoms with Gasteiger partial charge in [-0.1, -0.05) is 50.0 Å². The van der Waals surface area contributed by atoms with E-state index in [1.165, 1.54) is 6.42 Å². The second-order valence-electron chi connectivity index (χ2n) is 6.73. The summed E-state index contributed by atoms with van der Waals surface area (Å²) in [6.07, 6.45) is 1.21. The highest BCUT2D eigenvalue weighted by molar-refractivity contribution is 6.36. The summed E-state index contributed by atoms with van der Waals surface area (Å²) in [4.78, 5) is 2.43. The fourth-order valence-electron chi connectivity index (χ4n) is 3.06. The Bertz CT molecular complexity index is 448. The zero-order chi connectivity index (χ0) is 14.9. The Morgan fingerprint density at radius 1 is 1.30 bits per heavy atom. The molecule has 1 heterocycles. The molecule has 0 amide bonds. The second kappa shape index (κ2) is 6.23. The smallest absolute Gasteiger partial charge is 0.0500 e. The summed E-state index contributed by atoms with van der Waals surface area (Å²) in [7, 11) is 0. The van der Waals surface area contributed by atoms with Crippen molar-refractivity contribution in [1.29, 1.82) is 0 Å². The number of nitrogens with two attached hydrogens (primary N) is 1. The number of rotatable bonds is 3. The number of likely N-dealkylation sites (tertiary alicyclic amines) is 1. The van der Waals surface area contributed by atoms with Crippen LogP contribution in [-0.4, -0.2) is 24.5 Å². The van der Waals surface area contributed by atoms with E-state index in [2.05, 4.69) is 25.7 Å². The van der Waals surface area contributed by atoms with Crippen LogP contribution in [0.25, 0.3) is 0 Å². The van der Waals surface area contributed by atoms with Crippen LogP contribution >= 0.6 is 23.2 Å². The third-order valence-electron chi connectivity index (χ3n) is 4.44. The molecule has 0 bridgehead atoms. The summed E-state index contributed by atoms with van der Waals surface area (Å²) >= 11 is 12.7. The van der Waals surface area contributed by atoms with Crippen molar-refractivity contribution in [3.63, 3.8) is 0 Å². The van der Waals surface area contributed by atoms with Gasteiger partial charge in [0.1, 0.15) is 0 Å². The number of hydrogen-bond acceptors (Lipinski definition) is 2. The molecule has 112 valence electrons. The first-order valence-corrected chi connectivity index (χ1v) is 7.98. The van der Waals surface area contributed by atoms with Gasteiger partial charge in [0.15, 0.2) is 0 Å². The first-order valence-electron chi connectivity index (χ1n) is 7.22. The van der Waals surface area contributed by atoms with Crippen LogP contribution in [0.4, 0.5) is 0 Å². The predicted molar refractivity (Wildman–Crippen MR) is 87.4 cm³/mol. The zero-order valence-corrected chi connectivity index (χ0v) is 14.0. The topological polar surface area (TPSA) is 29.3 Å². The van der Waals surface area contributed by atoms with Gasteiger partial charge in [0, 0.05) is 34.7 Å². The minimum atomic E-state index is 0.114. The molecule has 2 N–H and O–H groups in total. The third-order valence-corrected chi connectivity index (χ3v) is 5.10. The maximum atomic E-state index is 6.34. The van der Waals surface area contributed by atoms with E-state index in [0.717, 1.165) is 18.7 Å². The molecule has 2 nitrogen and oxygen atoms in total. The lowest BCUT2D eigenvalue weighted by atomic mass is 9.80. The fourth-order valence-corrected chi connectivity index (χ4v) is 3.71. The molecule has 1 aromatic carbocycles. The van der Waals surface area contributed by atoms with Gasteiger partial charge in [-0.15, -0.1) is 0 Å². The fraction of sp³-hybridized carbons (Fsp3) is 0.625. The molecule has 1 aliphatic heterocycles. The SMILES string of the molecule is CC(C)(C)C1CCN(C(CN)c2c(Cl)cccc2Cl)C1. The van der Waals surface area contributed by atoms with Crippen LogP contribution in [0.1, 0.15) is 38.8 Å². The molecule has 4 heteroatoms. The summed E-state index contributed by atoms with van der Waals surface area (Å²) < 4.78 is 0. The van der Waals surface area contributed by atoms with Crippen molar-refractivity contribution in [1.82, 2.24) is 4.90 Å². The standard InChI is InChI=1S/C16H24Cl2N2/c1-16(2,3)11-7-8-20(10-11)14(9-19)15-12(17)5-4-6-13(15)18/h4-6,11,14H,7-10,19H2,1-3H3. The Hall–Kier alpha value is -0.280. The van der Waals surface area contributed by atoms with E-state index in [4.69, 9.17) is 28.9 Å². The maximum Gasteiger partial charge on any atom is 0.0500 e. The van der Waals surface area contributed by atoms with Crippen LogP contribution in [0.2, 0.25) is 10.0 Å². The predicted octanol–water partition coefficient (Wildman–Crippen LogP) is 4.36. The molecule has 0 aliphatic carbocycles.